The van der Waals surface area contributed by atoms with E-state index in [2.05, 4.69) is 5.32 Å². The third-order valence-corrected chi connectivity index (χ3v) is 7.03. The van der Waals surface area contributed by atoms with Crippen LogP contribution in [0.15, 0.2) is 53.4 Å². The predicted molar refractivity (Wildman–Crippen MR) is 114 cm³/mol. The number of sulfonamides is 1. The number of ether oxygens (including phenoxy) is 1. The minimum Gasteiger partial charge on any atom is -0.496 e. The first-order valence-corrected chi connectivity index (χ1v) is 11.4. The van der Waals surface area contributed by atoms with E-state index in [-0.39, 0.29) is 23.4 Å². The van der Waals surface area contributed by atoms with Gasteiger partial charge in [0.2, 0.25) is 5.91 Å². The van der Waals surface area contributed by atoms with Gasteiger partial charge < -0.3 is 10.1 Å². The van der Waals surface area contributed by atoms with Crippen LogP contribution in [0.5, 0.6) is 5.75 Å². The summed E-state index contributed by atoms with van der Waals surface area (Å²) in [5.41, 5.74) is 1.17. The van der Waals surface area contributed by atoms with Gasteiger partial charge in [0, 0.05) is 6.04 Å². The summed E-state index contributed by atoms with van der Waals surface area (Å²) in [6, 6.07) is 13.6. The Balaban J connectivity index is 1.88. The Morgan fingerprint density at radius 1 is 1.10 bits per heavy atom. The van der Waals surface area contributed by atoms with Gasteiger partial charge in [-0.15, -0.1) is 0 Å². The first-order chi connectivity index (χ1) is 13.9. The summed E-state index contributed by atoms with van der Waals surface area (Å²) in [6.07, 6.45) is 5.27. The first-order valence-electron chi connectivity index (χ1n) is 9.93. The van der Waals surface area contributed by atoms with Gasteiger partial charge in [0.1, 0.15) is 12.3 Å². The molecule has 1 aliphatic rings. The number of carbonyl (C=O) groups excluding carboxylic acids is 1. The van der Waals surface area contributed by atoms with E-state index in [9.17, 15) is 13.2 Å². The highest BCUT2D eigenvalue weighted by Gasteiger charge is 2.28. The van der Waals surface area contributed by atoms with Crippen molar-refractivity contribution in [3.8, 4) is 5.75 Å². The molecule has 1 saturated carbocycles. The molecule has 1 aliphatic carbocycles. The lowest BCUT2D eigenvalue weighted by Crippen LogP contribution is -2.44. The summed E-state index contributed by atoms with van der Waals surface area (Å²) in [7, 11) is -2.38. The molecule has 7 heteroatoms. The Hall–Kier alpha value is -2.54. The second-order valence-corrected chi connectivity index (χ2v) is 9.24. The number of methoxy groups -OCH3 is 1. The lowest BCUT2D eigenvalue weighted by Gasteiger charge is -2.27. The third-order valence-electron chi connectivity index (χ3n) is 5.26. The van der Waals surface area contributed by atoms with E-state index in [4.69, 9.17) is 4.74 Å². The van der Waals surface area contributed by atoms with Crippen molar-refractivity contribution in [1.82, 2.24) is 5.32 Å². The molecular weight excluding hydrogens is 388 g/mol. The summed E-state index contributed by atoms with van der Waals surface area (Å²) < 4.78 is 33.2. The molecule has 0 spiro atoms. The monoisotopic (exact) mass is 416 g/mol. The molecular formula is C22H28N2O4S. The van der Waals surface area contributed by atoms with Gasteiger partial charge in [0.15, 0.2) is 0 Å². The highest BCUT2D eigenvalue weighted by molar-refractivity contribution is 7.92. The largest absolute Gasteiger partial charge is 0.496 e. The number of hydrogen-bond donors (Lipinski definition) is 1. The normalized spacial score (nSPS) is 15.0. The summed E-state index contributed by atoms with van der Waals surface area (Å²) >= 11 is 0. The molecule has 1 fully saturated rings. The fraction of sp³-hybridized carbons (Fsp3) is 0.409. The van der Waals surface area contributed by atoms with Crippen molar-refractivity contribution in [2.45, 2.75) is 50.0 Å². The van der Waals surface area contributed by atoms with Crippen molar-refractivity contribution in [3.05, 3.63) is 54.1 Å². The standard InChI is InChI=1S/C22H28N2O4S/c1-17-15-20(13-14-21(17)28-2)29(26,27)24(19-11-7-4-8-12-19)16-22(25)23-18-9-5-3-6-10-18/h4,7-8,11-15,18H,3,5-6,9-10,16H2,1-2H3,(H,23,25). The Morgan fingerprint density at radius 3 is 2.41 bits per heavy atom. The van der Waals surface area contributed by atoms with Gasteiger partial charge >= 0.3 is 0 Å². The maximum Gasteiger partial charge on any atom is 0.264 e. The first kappa shape index (κ1) is 21.2. The topological polar surface area (TPSA) is 75.7 Å². The van der Waals surface area contributed by atoms with Crippen LogP contribution in [0.1, 0.15) is 37.7 Å². The van der Waals surface area contributed by atoms with Gasteiger partial charge in [0.05, 0.1) is 17.7 Å². The van der Waals surface area contributed by atoms with Gasteiger partial charge in [-0.2, -0.15) is 0 Å². The number of nitrogens with one attached hydrogen (secondary N) is 1. The number of para-hydroxylation sites is 1. The second-order valence-electron chi connectivity index (χ2n) is 7.38. The van der Waals surface area contributed by atoms with Crippen LogP contribution in [-0.2, 0) is 14.8 Å². The summed E-state index contributed by atoms with van der Waals surface area (Å²) in [6.45, 7) is 1.54. The minimum atomic E-state index is -3.92. The molecule has 0 radical (unpaired) electrons. The zero-order valence-electron chi connectivity index (χ0n) is 16.9. The molecule has 0 saturated heterocycles. The number of benzene rings is 2. The molecule has 0 unspecified atom stereocenters. The van der Waals surface area contributed by atoms with Crippen molar-refractivity contribution in [3.63, 3.8) is 0 Å². The predicted octanol–water partition coefficient (Wildman–Crippen LogP) is 3.65. The molecule has 6 nitrogen and oxygen atoms in total. The number of carbonyl (C=O) groups is 1. The lowest BCUT2D eigenvalue weighted by molar-refractivity contribution is -0.120. The van der Waals surface area contributed by atoms with Crippen molar-refractivity contribution in [2.75, 3.05) is 18.0 Å². The van der Waals surface area contributed by atoms with Gasteiger partial charge in [-0.1, -0.05) is 37.5 Å². The van der Waals surface area contributed by atoms with Crippen LogP contribution in [0.4, 0.5) is 5.69 Å². The molecule has 3 rings (SSSR count). The summed E-state index contributed by atoms with van der Waals surface area (Å²) in [4.78, 5) is 12.8. The van der Waals surface area contributed by atoms with E-state index in [1.54, 1.807) is 50.4 Å². The number of anilines is 1. The van der Waals surface area contributed by atoms with E-state index in [0.29, 0.717) is 17.0 Å². The fourth-order valence-corrected chi connectivity index (χ4v) is 5.21. The van der Waals surface area contributed by atoms with Crippen molar-refractivity contribution >= 4 is 21.6 Å². The number of amides is 1. The van der Waals surface area contributed by atoms with Crippen LogP contribution in [0, 0.1) is 6.92 Å². The van der Waals surface area contributed by atoms with Crippen LogP contribution in [0.3, 0.4) is 0 Å². The van der Waals surface area contributed by atoms with E-state index < -0.39 is 10.0 Å². The van der Waals surface area contributed by atoms with Gasteiger partial charge in [-0.05, 0) is 55.7 Å². The Kier molecular flexibility index (Phi) is 6.79. The third kappa shape index (κ3) is 5.09. The zero-order chi connectivity index (χ0) is 20.9. The van der Waals surface area contributed by atoms with Crippen LogP contribution in [-0.4, -0.2) is 34.0 Å². The van der Waals surface area contributed by atoms with Gasteiger partial charge in [0.25, 0.3) is 10.0 Å². The molecule has 156 valence electrons. The lowest BCUT2D eigenvalue weighted by atomic mass is 9.95. The molecule has 0 aliphatic heterocycles. The van der Waals surface area contributed by atoms with E-state index in [0.717, 1.165) is 25.7 Å². The van der Waals surface area contributed by atoms with Crippen LogP contribution in [0.2, 0.25) is 0 Å². The van der Waals surface area contributed by atoms with Crippen LogP contribution < -0.4 is 14.4 Å². The number of rotatable bonds is 7. The Morgan fingerprint density at radius 2 is 1.79 bits per heavy atom. The average Bonchev–Trinajstić information content (AvgIpc) is 2.73. The van der Waals surface area contributed by atoms with Crippen LogP contribution >= 0.6 is 0 Å². The highest BCUT2D eigenvalue weighted by Crippen LogP contribution is 2.27. The Labute approximate surface area is 172 Å². The van der Waals surface area contributed by atoms with E-state index >= 15 is 0 Å². The van der Waals surface area contributed by atoms with E-state index in [1.165, 1.54) is 16.8 Å². The number of hydrogen-bond acceptors (Lipinski definition) is 4. The van der Waals surface area contributed by atoms with Crippen molar-refractivity contribution < 1.29 is 17.9 Å². The van der Waals surface area contributed by atoms with Gasteiger partial charge in [-0.3, -0.25) is 9.10 Å². The molecule has 1 amide bonds. The number of aryl methyl sites for hydroxylation is 1. The fourth-order valence-electron chi connectivity index (χ4n) is 3.70. The Bertz CT molecular complexity index is 939. The number of nitrogens with zero attached hydrogens (tertiary/aromatic N) is 1. The minimum absolute atomic E-state index is 0.125. The molecule has 0 aromatic heterocycles. The van der Waals surface area contributed by atoms with Gasteiger partial charge in [-0.25, -0.2) is 8.42 Å². The molecule has 1 N–H and O–H groups in total. The molecule has 0 atom stereocenters. The molecule has 0 heterocycles. The molecule has 29 heavy (non-hydrogen) atoms. The zero-order valence-corrected chi connectivity index (χ0v) is 17.7. The highest BCUT2D eigenvalue weighted by atomic mass is 32.2. The molecule has 2 aromatic carbocycles. The average molecular weight is 417 g/mol. The maximum absolute atomic E-state index is 13.4. The van der Waals surface area contributed by atoms with Crippen LogP contribution in [0.25, 0.3) is 0 Å². The SMILES string of the molecule is COc1ccc(S(=O)(=O)N(CC(=O)NC2CCCCC2)c2ccccc2)cc1C. The molecule has 2 aromatic rings. The molecule has 0 bridgehead atoms. The maximum atomic E-state index is 13.4. The van der Waals surface area contributed by atoms with Crippen molar-refractivity contribution in [2.24, 2.45) is 0 Å². The quantitative estimate of drug-likeness (QED) is 0.748. The van der Waals surface area contributed by atoms with E-state index in [1.807, 2.05) is 6.07 Å². The smallest absolute Gasteiger partial charge is 0.264 e. The summed E-state index contributed by atoms with van der Waals surface area (Å²) in [5, 5.41) is 3.01. The van der Waals surface area contributed by atoms with Crippen molar-refractivity contribution in [1.29, 1.82) is 0 Å². The second kappa shape index (κ2) is 9.31. The summed E-state index contributed by atoms with van der Waals surface area (Å²) in [5.74, 6) is 0.333.